The van der Waals surface area contributed by atoms with Gasteiger partial charge in [0.1, 0.15) is 11.6 Å². The van der Waals surface area contributed by atoms with Gasteiger partial charge in [-0.15, -0.1) is 0 Å². The Morgan fingerprint density at radius 1 is 1.35 bits per heavy atom. The molecule has 1 unspecified atom stereocenters. The first-order valence-electron chi connectivity index (χ1n) is 5.56. The molecule has 0 radical (unpaired) electrons. The first kappa shape index (κ1) is 13.6. The van der Waals surface area contributed by atoms with Crippen LogP contribution in [0.25, 0.3) is 0 Å². The van der Waals surface area contributed by atoms with Gasteiger partial charge in [-0.2, -0.15) is 0 Å². The zero-order valence-electron chi connectivity index (χ0n) is 9.96. The highest BCUT2D eigenvalue weighted by atomic mass is 19.1. The topological polar surface area (TPSA) is 37.3 Å². The third-order valence-corrected chi connectivity index (χ3v) is 2.76. The highest BCUT2D eigenvalue weighted by molar-refractivity contribution is 5.66. The fourth-order valence-corrected chi connectivity index (χ4v) is 1.71. The molecule has 0 aliphatic rings. The zero-order valence-corrected chi connectivity index (χ0v) is 9.96. The minimum atomic E-state index is -0.853. The molecule has 1 aromatic carbocycles. The largest absolute Gasteiger partial charge is 0.481 e. The van der Waals surface area contributed by atoms with Gasteiger partial charge in [0.05, 0.1) is 0 Å². The van der Waals surface area contributed by atoms with Crippen molar-refractivity contribution in [2.45, 2.75) is 33.1 Å². The van der Waals surface area contributed by atoms with Crippen LogP contribution in [0.3, 0.4) is 0 Å². The van der Waals surface area contributed by atoms with E-state index in [2.05, 4.69) is 0 Å². The second-order valence-corrected chi connectivity index (χ2v) is 4.43. The molecule has 1 rings (SSSR count). The van der Waals surface area contributed by atoms with Gasteiger partial charge < -0.3 is 5.11 Å². The molecule has 0 saturated carbocycles. The van der Waals surface area contributed by atoms with Crippen molar-refractivity contribution in [1.29, 1.82) is 0 Å². The average molecular weight is 242 g/mol. The molecule has 0 amide bonds. The van der Waals surface area contributed by atoms with Gasteiger partial charge in [0, 0.05) is 12.5 Å². The minimum absolute atomic E-state index is 0.0164. The Bertz CT molecular complexity index is 416. The predicted molar refractivity (Wildman–Crippen MR) is 60.8 cm³/mol. The van der Waals surface area contributed by atoms with Crippen LogP contribution in [0.15, 0.2) is 12.1 Å². The quantitative estimate of drug-likeness (QED) is 0.860. The second-order valence-electron chi connectivity index (χ2n) is 4.43. The number of carboxylic acid groups (broad SMARTS) is 1. The molecule has 0 aromatic heterocycles. The van der Waals surface area contributed by atoms with Gasteiger partial charge in [-0.25, -0.2) is 8.78 Å². The molecule has 17 heavy (non-hydrogen) atoms. The summed E-state index contributed by atoms with van der Waals surface area (Å²) < 4.78 is 26.4. The molecule has 0 heterocycles. The van der Waals surface area contributed by atoms with E-state index in [4.69, 9.17) is 5.11 Å². The summed E-state index contributed by atoms with van der Waals surface area (Å²) in [6, 6.07) is 2.37. The van der Waals surface area contributed by atoms with Crippen molar-refractivity contribution in [2.24, 2.45) is 5.92 Å². The van der Waals surface area contributed by atoms with E-state index in [1.165, 1.54) is 6.07 Å². The molecule has 0 saturated heterocycles. The van der Waals surface area contributed by atoms with Crippen LogP contribution in [0.1, 0.15) is 30.9 Å². The molecular formula is C13H16F2O2. The van der Waals surface area contributed by atoms with Crippen molar-refractivity contribution < 1.29 is 18.7 Å². The Labute approximate surface area is 99.3 Å². The summed E-state index contributed by atoms with van der Waals surface area (Å²) in [7, 11) is 0. The van der Waals surface area contributed by atoms with E-state index >= 15 is 0 Å². The van der Waals surface area contributed by atoms with Gasteiger partial charge in [0.15, 0.2) is 0 Å². The molecule has 0 bridgehead atoms. The molecule has 94 valence electrons. The van der Waals surface area contributed by atoms with Crippen LogP contribution in [-0.2, 0) is 11.2 Å². The number of carboxylic acids is 1. The lowest BCUT2D eigenvalue weighted by atomic mass is 9.97. The van der Waals surface area contributed by atoms with Gasteiger partial charge in [0.2, 0.25) is 0 Å². The Kier molecular flexibility index (Phi) is 4.61. The average Bonchev–Trinajstić information content (AvgIpc) is 2.20. The van der Waals surface area contributed by atoms with Crippen molar-refractivity contribution >= 4 is 5.97 Å². The van der Waals surface area contributed by atoms with Crippen molar-refractivity contribution in [3.8, 4) is 0 Å². The van der Waals surface area contributed by atoms with E-state index in [0.717, 1.165) is 6.07 Å². The summed E-state index contributed by atoms with van der Waals surface area (Å²) in [6.45, 7) is 3.39. The maximum Gasteiger partial charge on any atom is 0.303 e. The number of hydrogen-bond acceptors (Lipinski definition) is 1. The third kappa shape index (κ3) is 4.13. The number of hydrogen-bond donors (Lipinski definition) is 1. The van der Waals surface area contributed by atoms with Crippen LogP contribution >= 0.6 is 0 Å². The number of halogens is 2. The molecule has 4 heteroatoms. The Hall–Kier alpha value is -1.45. The van der Waals surface area contributed by atoms with Crippen molar-refractivity contribution in [1.82, 2.24) is 0 Å². The van der Waals surface area contributed by atoms with Crippen LogP contribution in [0.4, 0.5) is 8.78 Å². The van der Waals surface area contributed by atoms with E-state index in [1.54, 1.807) is 6.92 Å². The number of carbonyl (C=O) groups is 1. The monoisotopic (exact) mass is 242 g/mol. The fourth-order valence-electron chi connectivity index (χ4n) is 1.71. The fraction of sp³-hybridized carbons (Fsp3) is 0.462. The standard InChI is InChI=1S/C13H16F2O2/c1-8(5-13(16)17)3-4-10-6-9(2)11(14)7-12(10)15/h6-8H,3-5H2,1-2H3,(H,16,17). The number of rotatable bonds is 5. The SMILES string of the molecule is Cc1cc(CCC(C)CC(=O)O)c(F)cc1F. The molecule has 0 spiro atoms. The van der Waals surface area contributed by atoms with Crippen molar-refractivity contribution in [2.75, 3.05) is 0 Å². The normalized spacial score (nSPS) is 12.5. The summed E-state index contributed by atoms with van der Waals surface area (Å²) in [5.41, 5.74) is 0.855. The van der Waals surface area contributed by atoms with Crippen LogP contribution in [0, 0.1) is 24.5 Å². The van der Waals surface area contributed by atoms with Gasteiger partial charge in [-0.1, -0.05) is 13.0 Å². The first-order chi connectivity index (χ1) is 7.90. The maximum atomic E-state index is 13.4. The van der Waals surface area contributed by atoms with Crippen molar-refractivity contribution in [3.63, 3.8) is 0 Å². The lowest BCUT2D eigenvalue weighted by Gasteiger charge is -2.10. The number of benzene rings is 1. The van der Waals surface area contributed by atoms with Gasteiger partial charge in [-0.05, 0) is 36.8 Å². The van der Waals surface area contributed by atoms with Gasteiger partial charge >= 0.3 is 5.97 Å². The summed E-state index contributed by atoms with van der Waals surface area (Å²) in [6.07, 6.45) is 1.08. The van der Waals surface area contributed by atoms with Crippen molar-refractivity contribution in [3.05, 3.63) is 34.9 Å². The maximum absolute atomic E-state index is 13.4. The minimum Gasteiger partial charge on any atom is -0.481 e. The van der Waals surface area contributed by atoms with Crippen LogP contribution in [-0.4, -0.2) is 11.1 Å². The van der Waals surface area contributed by atoms with Gasteiger partial charge in [-0.3, -0.25) is 4.79 Å². The van der Waals surface area contributed by atoms with Crippen LogP contribution < -0.4 is 0 Å². The predicted octanol–water partition coefficient (Wildman–Crippen LogP) is 3.32. The Balaban J connectivity index is 2.63. The molecular weight excluding hydrogens is 226 g/mol. The molecule has 1 N–H and O–H groups in total. The highest BCUT2D eigenvalue weighted by Crippen LogP contribution is 2.18. The molecule has 0 aliphatic carbocycles. The van der Waals surface area contributed by atoms with E-state index in [1.807, 2.05) is 6.92 Å². The molecule has 1 atom stereocenters. The van der Waals surface area contributed by atoms with Crippen LogP contribution in [0.5, 0.6) is 0 Å². The Morgan fingerprint density at radius 3 is 2.59 bits per heavy atom. The molecule has 0 fully saturated rings. The van der Waals surface area contributed by atoms with Crippen LogP contribution in [0.2, 0.25) is 0 Å². The lowest BCUT2D eigenvalue weighted by Crippen LogP contribution is -2.06. The lowest BCUT2D eigenvalue weighted by molar-refractivity contribution is -0.138. The van der Waals surface area contributed by atoms with E-state index < -0.39 is 17.6 Å². The molecule has 2 nitrogen and oxygen atoms in total. The van der Waals surface area contributed by atoms with Gasteiger partial charge in [0.25, 0.3) is 0 Å². The highest BCUT2D eigenvalue weighted by Gasteiger charge is 2.11. The Morgan fingerprint density at radius 2 is 2.00 bits per heavy atom. The van der Waals surface area contributed by atoms with E-state index in [9.17, 15) is 13.6 Å². The molecule has 0 aliphatic heterocycles. The summed E-state index contributed by atoms with van der Waals surface area (Å²) in [5, 5.41) is 8.59. The third-order valence-electron chi connectivity index (χ3n) is 2.76. The number of aryl methyl sites for hydroxylation is 2. The zero-order chi connectivity index (χ0) is 13.0. The summed E-state index contributed by atoms with van der Waals surface area (Å²) in [5.74, 6) is -1.98. The smallest absolute Gasteiger partial charge is 0.303 e. The second kappa shape index (κ2) is 5.75. The number of aliphatic carboxylic acids is 1. The summed E-state index contributed by atoms with van der Waals surface area (Å²) >= 11 is 0. The molecule has 1 aromatic rings. The van der Waals surface area contributed by atoms with E-state index in [0.29, 0.717) is 24.0 Å². The van der Waals surface area contributed by atoms with E-state index in [-0.39, 0.29) is 12.3 Å². The first-order valence-corrected chi connectivity index (χ1v) is 5.56. The summed E-state index contributed by atoms with van der Waals surface area (Å²) in [4.78, 5) is 10.5.